The lowest BCUT2D eigenvalue weighted by molar-refractivity contribution is -0.167. The normalized spacial score (nSPS) is 13.5. The molecule has 0 radical (unpaired) electrons. The molecule has 0 aliphatic carbocycles. The van der Waals surface area contributed by atoms with Crippen LogP contribution in [0.25, 0.3) is 22.6 Å². The Balaban J connectivity index is 2.18. The molecular weight excluding hydrogens is 508 g/mol. The van der Waals surface area contributed by atoms with Crippen LogP contribution in [0, 0.1) is 19.8 Å². The molecule has 0 unspecified atom stereocenters. The van der Waals surface area contributed by atoms with Gasteiger partial charge < -0.3 is 18.8 Å². The number of carbonyl (C=O) groups excluding carboxylic acids is 3. The molecule has 3 rings (SSSR count). The summed E-state index contributed by atoms with van der Waals surface area (Å²) in [5.41, 5.74) is 2.53. The van der Waals surface area contributed by atoms with Crippen molar-refractivity contribution >= 4 is 28.9 Å². The number of fused-ring (bicyclic) bond motifs is 1. The van der Waals surface area contributed by atoms with Gasteiger partial charge in [0, 0.05) is 33.2 Å². The number of aromatic nitrogens is 6. The van der Waals surface area contributed by atoms with Crippen LogP contribution in [0.3, 0.4) is 0 Å². The molecule has 0 aliphatic heterocycles. The van der Waals surface area contributed by atoms with E-state index in [-0.39, 0.29) is 24.7 Å². The van der Waals surface area contributed by atoms with Crippen LogP contribution in [0.1, 0.15) is 52.2 Å². The van der Waals surface area contributed by atoms with Crippen LogP contribution in [0.4, 0.5) is 0 Å². The molecule has 0 amide bonds. The summed E-state index contributed by atoms with van der Waals surface area (Å²) in [7, 11) is 0. The first-order valence-electron chi connectivity index (χ1n) is 12.7. The van der Waals surface area contributed by atoms with Crippen molar-refractivity contribution < 1.29 is 28.6 Å². The van der Waals surface area contributed by atoms with Gasteiger partial charge in [-0.15, -0.1) is 5.10 Å². The van der Waals surface area contributed by atoms with Crippen molar-refractivity contribution in [3.05, 3.63) is 33.6 Å². The molecule has 3 atom stereocenters. The fourth-order valence-electron chi connectivity index (χ4n) is 4.21. The second-order valence-electron chi connectivity index (χ2n) is 9.48. The van der Waals surface area contributed by atoms with Crippen LogP contribution in [-0.4, -0.2) is 66.5 Å². The number of rotatable bonds is 11. The van der Waals surface area contributed by atoms with E-state index >= 15 is 0 Å². The van der Waals surface area contributed by atoms with Gasteiger partial charge in [-0.1, -0.05) is 13.8 Å². The Morgan fingerprint density at radius 3 is 2.23 bits per heavy atom. The Morgan fingerprint density at radius 1 is 0.974 bits per heavy atom. The standard InChI is InChI=1S/C26H34N6O7/c1-8-9-32-25(28-29-30-32)24-26(36)31(21-11-15(3)14(2)10-20(21)27-24)12-22(38-18(6)34)16(4)23(39-19(7)35)13-37-17(5)33/h10-11,16,22-23H,8-9,12-13H2,1-7H3/t16-,22-,23+/m0/s1. The first kappa shape index (κ1) is 29.4. The fraction of sp³-hybridized carbons (Fsp3) is 0.538. The highest BCUT2D eigenvalue weighted by atomic mass is 16.6. The molecule has 0 saturated heterocycles. The zero-order valence-corrected chi connectivity index (χ0v) is 23.3. The van der Waals surface area contributed by atoms with Crippen molar-refractivity contribution in [2.24, 2.45) is 5.92 Å². The summed E-state index contributed by atoms with van der Waals surface area (Å²) in [4.78, 5) is 54.0. The zero-order valence-electron chi connectivity index (χ0n) is 23.3. The van der Waals surface area contributed by atoms with E-state index in [2.05, 4.69) is 20.5 Å². The molecule has 2 aromatic heterocycles. The van der Waals surface area contributed by atoms with Crippen LogP contribution in [0.5, 0.6) is 0 Å². The molecule has 3 aromatic rings. The lowest BCUT2D eigenvalue weighted by atomic mass is 9.97. The van der Waals surface area contributed by atoms with E-state index in [4.69, 9.17) is 14.2 Å². The molecule has 0 aliphatic rings. The number of hydrogen-bond acceptors (Lipinski definition) is 11. The van der Waals surface area contributed by atoms with Crippen molar-refractivity contribution in [3.63, 3.8) is 0 Å². The van der Waals surface area contributed by atoms with Crippen molar-refractivity contribution in [1.29, 1.82) is 0 Å². The molecule has 0 saturated carbocycles. The maximum absolute atomic E-state index is 13.9. The quantitative estimate of drug-likeness (QED) is 0.258. The summed E-state index contributed by atoms with van der Waals surface area (Å²) in [6, 6.07) is 3.71. The number of tetrazole rings is 1. The third kappa shape index (κ3) is 7.03. The van der Waals surface area contributed by atoms with Gasteiger partial charge in [0.05, 0.1) is 17.6 Å². The van der Waals surface area contributed by atoms with Gasteiger partial charge >= 0.3 is 17.9 Å². The number of hydrogen-bond donors (Lipinski definition) is 0. The van der Waals surface area contributed by atoms with Gasteiger partial charge in [-0.05, 0) is 54.0 Å². The van der Waals surface area contributed by atoms with Crippen LogP contribution in [0.2, 0.25) is 0 Å². The highest BCUT2D eigenvalue weighted by molar-refractivity contribution is 5.79. The highest BCUT2D eigenvalue weighted by Crippen LogP contribution is 2.23. The Hall–Kier alpha value is -4.16. The smallest absolute Gasteiger partial charge is 0.303 e. The summed E-state index contributed by atoms with van der Waals surface area (Å²) in [6.45, 7) is 11.4. The summed E-state index contributed by atoms with van der Waals surface area (Å²) >= 11 is 0. The third-order valence-corrected chi connectivity index (χ3v) is 6.36. The predicted octanol–water partition coefficient (Wildman–Crippen LogP) is 2.14. The van der Waals surface area contributed by atoms with Crippen molar-refractivity contribution in [3.8, 4) is 11.5 Å². The summed E-state index contributed by atoms with van der Waals surface area (Å²) in [5.74, 6) is -2.18. The SMILES string of the molecule is CCCn1nnnc1-c1nc2cc(C)c(C)cc2n(C[C@H](OC(C)=O)[C@H](C)[C@@H](COC(C)=O)OC(C)=O)c1=O. The third-order valence-electron chi connectivity index (χ3n) is 6.36. The molecular formula is C26H34N6O7. The molecule has 39 heavy (non-hydrogen) atoms. The van der Waals surface area contributed by atoms with E-state index in [1.807, 2.05) is 32.9 Å². The average molecular weight is 543 g/mol. The Labute approximate surface area is 225 Å². The Kier molecular flexibility index (Phi) is 9.49. The van der Waals surface area contributed by atoms with Crippen LogP contribution in [0.15, 0.2) is 16.9 Å². The lowest BCUT2D eigenvalue weighted by Crippen LogP contribution is -2.42. The first-order chi connectivity index (χ1) is 18.4. The van der Waals surface area contributed by atoms with Gasteiger partial charge in [0.25, 0.3) is 5.56 Å². The van der Waals surface area contributed by atoms with Gasteiger partial charge in [0.1, 0.15) is 18.8 Å². The van der Waals surface area contributed by atoms with Gasteiger partial charge in [0.15, 0.2) is 5.69 Å². The molecule has 0 spiro atoms. The van der Waals surface area contributed by atoms with Crippen molar-refractivity contribution in [1.82, 2.24) is 29.8 Å². The average Bonchev–Trinajstić information content (AvgIpc) is 3.31. The lowest BCUT2D eigenvalue weighted by Gasteiger charge is -2.30. The number of ether oxygens (including phenoxy) is 3. The van der Waals surface area contributed by atoms with Crippen LogP contribution < -0.4 is 5.56 Å². The van der Waals surface area contributed by atoms with Gasteiger partial charge in [-0.25, -0.2) is 9.67 Å². The topological polar surface area (TPSA) is 157 Å². The second-order valence-corrected chi connectivity index (χ2v) is 9.48. The number of benzene rings is 1. The molecule has 0 fully saturated rings. The Bertz CT molecular complexity index is 1430. The minimum Gasteiger partial charge on any atom is -0.462 e. The predicted molar refractivity (Wildman–Crippen MR) is 139 cm³/mol. The van der Waals surface area contributed by atoms with Gasteiger partial charge in [-0.2, -0.15) is 0 Å². The van der Waals surface area contributed by atoms with E-state index in [1.54, 1.807) is 6.92 Å². The number of nitrogens with zero attached hydrogens (tertiary/aromatic N) is 6. The Morgan fingerprint density at radius 2 is 1.62 bits per heavy atom. The highest BCUT2D eigenvalue weighted by Gasteiger charge is 2.33. The molecule has 2 heterocycles. The van der Waals surface area contributed by atoms with Crippen LogP contribution >= 0.6 is 0 Å². The summed E-state index contributed by atoms with van der Waals surface area (Å²) in [6.07, 6.45) is -1.13. The zero-order chi connectivity index (χ0) is 28.9. The molecule has 0 N–H and O–H groups in total. The largest absolute Gasteiger partial charge is 0.462 e. The summed E-state index contributed by atoms with van der Waals surface area (Å²) in [5, 5.41) is 11.8. The molecule has 13 heteroatoms. The molecule has 1 aromatic carbocycles. The van der Waals surface area contributed by atoms with E-state index < -0.39 is 41.6 Å². The monoisotopic (exact) mass is 542 g/mol. The fourth-order valence-corrected chi connectivity index (χ4v) is 4.21. The number of aryl methyl sites for hydroxylation is 3. The van der Waals surface area contributed by atoms with E-state index in [9.17, 15) is 19.2 Å². The molecule has 13 nitrogen and oxygen atoms in total. The van der Waals surface area contributed by atoms with E-state index in [0.29, 0.717) is 17.6 Å². The number of esters is 3. The van der Waals surface area contributed by atoms with E-state index in [1.165, 1.54) is 30.0 Å². The summed E-state index contributed by atoms with van der Waals surface area (Å²) < 4.78 is 19.1. The van der Waals surface area contributed by atoms with Gasteiger partial charge in [-0.3, -0.25) is 19.2 Å². The maximum Gasteiger partial charge on any atom is 0.303 e. The number of carbonyl (C=O) groups is 3. The minimum absolute atomic E-state index is 0.0508. The van der Waals surface area contributed by atoms with E-state index in [0.717, 1.165) is 17.5 Å². The first-order valence-corrected chi connectivity index (χ1v) is 12.7. The van der Waals surface area contributed by atoms with Crippen LogP contribution in [-0.2, 0) is 41.7 Å². The van der Waals surface area contributed by atoms with Crippen molar-refractivity contribution in [2.45, 2.75) is 80.2 Å². The molecule has 210 valence electrons. The second kappa shape index (κ2) is 12.6. The minimum atomic E-state index is -0.938. The maximum atomic E-state index is 13.9. The van der Waals surface area contributed by atoms with Crippen molar-refractivity contribution in [2.75, 3.05) is 6.61 Å². The molecule has 0 bridgehead atoms. The van der Waals surface area contributed by atoms with Gasteiger partial charge in [0.2, 0.25) is 5.82 Å².